The molecule has 0 saturated carbocycles. The van der Waals surface area contributed by atoms with Crippen molar-refractivity contribution in [3.05, 3.63) is 47.6 Å². The molecule has 0 N–H and O–H groups in total. The predicted molar refractivity (Wildman–Crippen MR) is 97.9 cm³/mol. The molecule has 2 aliphatic heterocycles. The quantitative estimate of drug-likeness (QED) is 0.692. The van der Waals surface area contributed by atoms with Crippen molar-refractivity contribution < 1.29 is 18.8 Å². The molecule has 0 radical (unpaired) electrons. The van der Waals surface area contributed by atoms with E-state index in [0.717, 1.165) is 11.3 Å². The van der Waals surface area contributed by atoms with E-state index in [1.807, 2.05) is 41.8 Å². The molecule has 1 saturated heterocycles. The van der Waals surface area contributed by atoms with Crippen LogP contribution in [-0.4, -0.2) is 46.7 Å². The third kappa shape index (κ3) is 3.06. The Kier molecular flexibility index (Phi) is 4.05. The number of thiophene rings is 1. The summed E-state index contributed by atoms with van der Waals surface area (Å²) < 4.78 is 16.9. The van der Waals surface area contributed by atoms with E-state index in [4.69, 9.17) is 14.0 Å². The second-order valence-electron chi connectivity index (χ2n) is 6.57. The van der Waals surface area contributed by atoms with Gasteiger partial charge >= 0.3 is 0 Å². The minimum absolute atomic E-state index is 0.0611. The number of fused-ring (bicyclic) bond motifs is 1. The fourth-order valence-corrected chi connectivity index (χ4v) is 4.06. The summed E-state index contributed by atoms with van der Waals surface area (Å²) in [6.45, 7) is 1.43. The van der Waals surface area contributed by atoms with Crippen LogP contribution < -0.4 is 9.47 Å². The Bertz CT molecular complexity index is 956. The minimum Gasteiger partial charge on any atom is -0.485 e. The lowest BCUT2D eigenvalue weighted by Gasteiger charge is -2.28. The van der Waals surface area contributed by atoms with Crippen molar-refractivity contribution in [2.75, 3.05) is 19.7 Å². The summed E-state index contributed by atoms with van der Waals surface area (Å²) in [5.74, 6) is 2.48. The number of hydrogen-bond donors (Lipinski definition) is 0. The zero-order valence-electron chi connectivity index (χ0n) is 14.4. The molecule has 8 heteroatoms. The van der Waals surface area contributed by atoms with Gasteiger partial charge in [-0.2, -0.15) is 4.98 Å². The average molecular weight is 383 g/mol. The molecule has 3 aromatic rings. The zero-order valence-corrected chi connectivity index (χ0v) is 15.2. The maximum atomic E-state index is 12.8. The molecular formula is C19H17N3O4S. The van der Waals surface area contributed by atoms with Gasteiger partial charge < -0.3 is 18.9 Å². The van der Waals surface area contributed by atoms with Gasteiger partial charge in [0.2, 0.25) is 6.10 Å². The molecular weight excluding hydrogens is 366 g/mol. The standard InChI is InChI=1S/C19H17N3O4S/c23-19(15-11-24-13-4-1-2-5-14(13)25-15)22-8-7-12(10-22)17-20-18(26-21-17)16-6-3-9-27-16/h1-6,9,12,15H,7-8,10-11H2/t12-,15-/m1/s1. The second-order valence-corrected chi connectivity index (χ2v) is 7.52. The Morgan fingerprint density at radius 2 is 2.07 bits per heavy atom. The van der Waals surface area contributed by atoms with E-state index in [1.165, 1.54) is 0 Å². The van der Waals surface area contributed by atoms with E-state index in [0.29, 0.717) is 36.3 Å². The summed E-state index contributed by atoms with van der Waals surface area (Å²) in [6, 6.07) is 11.3. The van der Waals surface area contributed by atoms with Crippen molar-refractivity contribution in [3.8, 4) is 22.3 Å². The van der Waals surface area contributed by atoms with E-state index in [9.17, 15) is 4.79 Å². The number of nitrogens with zero attached hydrogens (tertiary/aromatic N) is 3. The van der Waals surface area contributed by atoms with Gasteiger partial charge in [-0.25, -0.2) is 0 Å². The van der Waals surface area contributed by atoms with E-state index >= 15 is 0 Å². The van der Waals surface area contributed by atoms with Gasteiger partial charge in [0.1, 0.15) is 6.61 Å². The minimum atomic E-state index is -0.620. The first-order valence-corrected chi connectivity index (χ1v) is 9.70. The van der Waals surface area contributed by atoms with Gasteiger partial charge in [0, 0.05) is 19.0 Å². The number of likely N-dealkylation sites (tertiary alicyclic amines) is 1. The van der Waals surface area contributed by atoms with Gasteiger partial charge in [0.15, 0.2) is 17.3 Å². The molecule has 0 aliphatic carbocycles. The van der Waals surface area contributed by atoms with Crippen LogP contribution in [0.25, 0.3) is 10.8 Å². The SMILES string of the molecule is O=C([C@H]1COc2ccccc2O1)N1CC[C@@H](c2noc(-c3cccs3)n2)C1. The Balaban J connectivity index is 1.25. The van der Waals surface area contributed by atoms with Crippen LogP contribution in [0.2, 0.25) is 0 Å². The van der Waals surface area contributed by atoms with Crippen LogP contribution in [0.5, 0.6) is 11.5 Å². The van der Waals surface area contributed by atoms with Gasteiger partial charge in [-0.05, 0) is 30.0 Å². The van der Waals surface area contributed by atoms with Crippen LogP contribution in [0.3, 0.4) is 0 Å². The summed E-state index contributed by atoms with van der Waals surface area (Å²) in [6.07, 6.45) is 0.185. The first-order valence-electron chi connectivity index (χ1n) is 8.82. The first-order chi connectivity index (χ1) is 13.3. The van der Waals surface area contributed by atoms with Gasteiger partial charge in [0.25, 0.3) is 11.8 Å². The molecule has 138 valence electrons. The fraction of sp³-hybridized carbons (Fsp3) is 0.316. The molecule has 0 unspecified atom stereocenters. The Morgan fingerprint density at radius 3 is 2.93 bits per heavy atom. The molecule has 2 atom stereocenters. The number of carbonyl (C=O) groups excluding carboxylic acids is 1. The highest BCUT2D eigenvalue weighted by Gasteiger charge is 2.36. The molecule has 2 aromatic heterocycles. The summed E-state index contributed by atoms with van der Waals surface area (Å²) in [4.78, 5) is 20.1. The van der Waals surface area contributed by atoms with E-state index in [1.54, 1.807) is 16.2 Å². The van der Waals surface area contributed by atoms with Crippen LogP contribution in [0, 0.1) is 0 Å². The number of para-hydroxylation sites is 2. The van der Waals surface area contributed by atoms with Crippen molar-refractivity contribution in [3.63, 3.8) is 0 Å². The van der Waals surface area contributed by atoms with Crippen molar-refractivity contribution in [1.29, 1.82) is 0 Å². The molecule has 1 amide bonds. The topological polar surface area (TPSA) is 77.7 Å². The predicted octanol–water partition coefficient (Wildman–Crippen LogP) is 2.95. The smallest absolute Gasteiger partial charge is 0.267 e. The first kappa shape index (κ1) is 16.3. The third-order valence-electron chi connectivity index (χ3n) is 4.82. The highest BCUT2D eigenvalue weighted by molar-refractivity contribution is 7.13. The van der Waals surface area contributed by atoms with Gasteiger partial charge in [-0.1, -0.05) is 23.4 Å². The molecule has 0 bridgehead atoms. The monoisotopic (exact) mass is 383 g/mol. The number of aromatic nitrogens is 2. The lowest BCUT2D eigenvalue weighted by molar-refractivity contribution is -0.140. The summed E-state index contributed by atoms with van der Waals surface area (Å²) >= 11 is 1.56. The highest BCUT2D eigenvalue weighted by Crippen LogP contribution is 2.33. The Labute approximate surface area is 159 Å². The number of benzene rings is 1. The van der Waals surface area contributed by atoms with Crippen LogP contribution in [0.1, 0.15) is 18.2 Å². The lowest BCUT2D eigenvalue weighted by Crippen LogP contribution is -2.45. The number of rotatable bonds is 3. The molecule has 7 nitrogen and oxygen atoms in total. The molecule has 1 fully saturated rings. The van der Waals surface area contributed by atoms with Crippen molar-refractivity contribution >= 4 is 17.2 Å². The zero-order chi connectivity index (χ0) is 18.2. The average Bonchev–Trinajstić information content (AvgIpc) is 3.47. The largest absolute Gasteiger partial charge is 0.485 e. The second kappa shape index (κ2) is 6.70. The van der Waals surface area contributed by atoms with Crippen LogP contribution in [-0.2, 0) is 4.79 Å². The maximum absolute atomic E-state index is 12.8. The van der Waals surface area contributed by atoms with Crippen LogP contribution in [0.15, 0.2) is 46.3 Å². The van der Waals surface area contributed by atoms with Gasteiger partial charge in [-0.3, -0.25) is 4.79 Å². The number of ether oxygens (including phenoxy) is 2. The Hall–Kier alpha value is -2.87. The molecule has 5 rings (SSSR count). The molecule has 1 aromatic carbocycles. The lowest BCUT2D eigenvalue weighted by atomic mass is 10.1. The van der Waals surface area contributed by atoms with Crippen molar-refractivity contribution in [2.24, 2.45) is 0 Å². The number of amides is 1. The van der Waals surface area contributed by atoms with Crippen LogP contribution in [0.4, 0.5) is 0 Å². The van der Waals surface area contributed by atoms with E-state index in [2.05, 4.69) is 10.1 Å². The fourth-order valence-electron chi connectivity index (χ4n) is 3.42. The third-order valence-corrected chi connectivity index (χ3v) is 5.68. The van der Waals surface area contributed by atoms with Crippen molar-refractivity contribution in [1.82, 2.24) is 15.0 Å². The molecule has 4 heterocycles. The number of carbonyl (C=O) groups is 1. The van der Waals surface area contributed by atoms with Gasteiger partial charge in [-0.15, -0.1) is 11.3 Å². The molecule has 0 spiro atoms. The van der Waals surface area contributed by atoms with Gasteiger partial charge in [0.05, 0.1) is 4.88 Å². The Morgan fingerprint density at radius 1 is 1.19 bits per heavy atom. The highest BCUT2D eigenvalue weighted by atomic mass is 32.1. The molecule has 2 aliphatic rings. The summed E-state index contributed by atoms with van der Waals surface area (Å²) in [5, 5.41) is 6.09. The normalized spacial score (nSPS) is 21.4. The maximum Gasteiger partial charge on any atom is 0.267 e. The van der Waals surface area contributed by atoms with E-state index < -0.39 is 6.10 Å². The summed E-state index contributed by atoms with van der Waals surface area (Å²) in [7, 11) is 0. The number of hydrogen-bond acceptors (Lipinski definition) is 7. The van der Waals surface area contributed by atoms with Crippen LogP contribution >= 0.6 is 11.3 Å². The van der Waals surface area contributed by atoms with Crippen molar-refractivity contribution in [2.45, 2.75) is 18.4 Å². The summed E-state index contributed by atoms with van der Waals surface area (Å²) in [5.41, 5.74) is 0. The molecule has 27 heavy (non-hydrogen) atoms. The van der Waals surface area contributed by atoms with E-state index in [-0.39, 0.29) is 18.4 Å².